The standard InChI is InChI=1S/C20H24N4O3/c1-2-24-18-16(12-27-20(24)26)11-22-19(23-18)21-10-14-5-7-15(8-6-14)17(25)9-13-3-4-13/h5-8,11,13,17,25H,2-4,9-10,12H2,1H3,(H,21,22,23). The first-order chi connectivity index (χ1) is 13.1. The number of aliphatic hydroxyl groups is 1. The van der Waals surface area contributed by atoms with Gasteiger partial charge in [-0.3, -0.25) is 4.90 Å². The lowest BCUT2D eigenvalue weighted by atomic mass is 10.0. The zero-order valence-corrected chi connectivity index (χ0v) is 15.4. The fraction of sp³-hybridized carbons (Fsp3) is 0.450. The summed E-state index contributed by atoms with van der Waals surface area (Å²) in [5.74, 6) is 1.77. The number of cyclic esters (lactones) is 1. The summed E-state index contributed by atoms with van der Waals surface area (Å²) in [4.78, 5) is 22.1. The number of carbonyl (C=O) groups excluding carboxylic acids is 1. The van der Waals surface area contributed by atoms with Gasteiger partial charge in [0.25, 0.3) is 0 Å². The van der Waals surface area contributed by atoms with E-state index < -0.39 is 0 Å². The number of fused-ring (bicyclic) bond motifs is 1. The van der Waals surface area contributed by atoms with Gasteiger partial charge in [0.2, 0.25) is 5.95 Å². The van der Waals surface area contributed by atoms with E-state index in [1.807, 2.05) is 31.2 Å². The fourth-order valence-electron chi connectivity index (χ4n) is 3.25. The highest BCUT2D eigenvalue weighted by molar-refractivity contribution is 5.89. The number of anilines is 2. The van der Waals surface area contributed by atoms with Crippen LogP contribution in [0.1, 0.15) is 49.0 Å². The predicted molar refractivity (Wildman–Crippen MR) is 101 cm³/mol. The normalized spacial score (nSPS) is 17.3. The van der Waals surface area contributed by atoms with Crippen LogP contribution in [-0.2, 0) is 17.9 Å². The van der Waals surface area contributed by atoms with Gasteiger partial charge in [0.1, 0.15) is 12.4 Å². The molecule has 2 N–H and O–H groups in total. The average Bonchev–Trinajstić information content (AvgIpc) is 3.50. The van der Waals surface area contributed by atoms with E-state index >= 15 is 0 Å². The Bertz CT molecular complexity index is 820. The zero-order valence-electron chi connectivity index (χ0n) is 15.4. The molecule has 1 atom stereocenters. The molecule has 1 saturated carbocycles. The third-order valence-corrected chi connectivity index (χ3v) is 5.05. The summed E-state index contributed by atoms with van der Waals surface area (Å²) in [6.07, 6.45) is 4.28. The largest absolute Gasteiger partial charge is 0.444 e. The van der Waals surface area contributed by atoms with Crippen molar-refractivity contribution >= 4 is 17.9 Å². The first-order valence-corrected chi connectivity index (χ1v) is 9.45. The number of ether oxygens (including phenoxy) is 1. The molecule has 27 heavy (non-hydrogen) atoms. The van der Waals surface area contributed by atoms with Crippen molar-refractivity contribution in [3.8, 4) is 0 Å². The van der Waals surface area contributed by atoms with Gasteiger partial charge in [-0.05, 0) is 30.4 Å². The van der Waals surface area contributed by atoms with Gasteiger partial charge < -0.3 is 15.2 Å². The molecule has 1 unspecified atom stereocenters. The second kappa shape index (κ2) is 7.52. The Balaban J connectivity index is 1.40. The molecule has 1 aliphatic carbocycles. The van der Waals surface area contributed by atoms with Gasteiger partial charge in [0.15, 0.2) is 0 Å². The molecule has 142 valence electrons. The van der Waals surface area contributed by atoms with Crippen LogP contribution in [0.5, 0.6) is 0 Å². The second-order valence-corrected chi connectivity index (χ2v) is 7.13. The van der Waals surface area contributed by atoms with Crippen LogP contribution in [0.3, 0.4) is 0 Å². The molecule has 2 heterocycles. The molecule has 1 aliphatic heterocycles. The molecule has 7 heteroatoms. The van der Waals surface area contributed by atoms with Gasteiger partial charge in [-0.1, -0.05) is 37.1 Å². The van der Waals surface area contributed by atoms with Crippen LogP contribution in [0, 0.1) is 5.92 Å². The molecule has 0 saturated heterocycles. The van der Waals surface area contributed by atoms with E-state index in [4.69, 9.17) is 4.74 Å². The highest BCUT2D eigenvalue weighted by Crippen LogP contribution is 2.37. The van der Waals surface area contributed by atoms with E-state index in [1.54, 1.807) is 6.20 Å². The molecule has 2 aliphatic rings. The first kappa shape index (κ1) is 17.7. The van der Waals surface area contributed by atoms with E-state index in [1.165, 1.54) is 17.7 Å². The number of carbonyl (C=O) groups is 1. The van der Waals surface area contributed by atoms with E-state index in [-0.39, 0.29) is 18.8 Å². The number of amides is 1. The van der Waals surface area contributed by atoms with Crippen LogP contribution in [0.4, 0.5) is 16.6 Å². The van der Waals surface area contributed by atoms with Crippen LogP contribution in [0.15, 0.2) is 30.5 Å². The lowest BCUT2D eigenvalue weighted by Gasteiger charge is -2.26. The Kier molecular flexibility index (Phi) is 4.94. The van der Waals surface area contributed by atoms with E-state index in [0.717, 1.165) is 23.1 Å². The summed E-state index contributed by atoms with van der Waals surface area (Å²) in [7, 11) is 0. The average molecular weight is 368 g/mol. The summed E-state index contributed by atoms with van der Waals surface area (Å²) < 4.78 is 5.10. The van der Waals surface area contributed by atoms with E-state index in [2.05, 4.69) is 15.3 Å². The molecule has 2 aromatic rings. The zero-order chi connectivity index (χ0) is 18.8. The lowest BCUT2D eigenvalue weighted by molar-refractivity contribution is 0.141. The molecule has 1 fully saturated rings. The quantitative estimate of drug-likeness (QED) is 0.779. The second-order valence-electron chi connectivity index (χ2n) is 7.13. The number of rotatable bonds is 7. The van der Waals surface area contributed by atoms with Gasteiger partial charge >= 0.3 is 6.09 Å². The first-order valence-electron chi connectivity index (χ1n) is 9.45. The Morgan fingerprint density at radius 3 is 2.81 bits per heavy atom. The molecule has 1 aromatic heterocycles. The summed E-state index contributed by atoms with van der Waals surface area (Å²) in [5, 5.41) is 13.4. The van der Waals surface area contributed by atoms with Crippen molar-refractivity contribution in [3.63, 3.8) is 0 Å². The predicted octanol–water partition coefficient (Wildman–Crippen LogP) is 3.40. The Morgan fingerprint density at radius 2 is 2.11 bits per heavy atom. The summed E-state index contributed by atoms with van der Waals surface area (Å²) in [6, 6.07) is 7.97. The monoisotopic (exact) mass is 368 g/mol. The highest BCUT2D eigenvalue weighted by atomic mass is 16.6. The Morgan fingerprint density at radius 1 is 1.33 bits per heavy atom. The minimum atomic E-state index is -0.380. The Hall–Kier alpha value is -2.67. The van der Waals surface area contributed by atoms with Crippen molar-refractivity contribution in [2.75, 3.05) is 16.8 Å². The molecule has 7 nitrogen and oxygen atoms in total. The van der Waals surface area contributed by atoms with Gasteiger partial charge in [0.05, 0.1) is 11.7 Å². The lowest BCUT2D eigenvalue weighted by Crippen LogP contribution is -2.36. The van der Waals surface area contributed by atoms with Crippen LogP contribution in [0.2, 0.25) is 0 Å². The van der Waals surface area contributed by atoms with E-state index in [9.17, 15) is 9.90 Å². The highest BCUT2D eigenvalue weighted by Gasteiger charge is 2.27. The third kappa shape index (κ3) is 4.03. The smallest absolute Gasteiger partial charge is 0.415 e. The van der Waals surface area contributed by atoms with Crippen molar-refractivity contribution in [2.45, 2.75) is 45.4 Å². The van der Waals surface area contributed by atoms with Gasteiger partial charge in [0, 0.05) is 19.3 Å². The minimum Gasteiger partial charge on any atom is -0.444 e. The van der Waals surface area contributed by atoms with Crippen molar-refractivity contribution < 1.29 is 14.6 Å². The minimum absolute atomic E-state index is 0.204. The molecule has 4 rings (SSSR count). The maximum atomic E-state index is 11.8. The summed E-state index contributed by atoms with van der Waals surface area (Å²) in [5.41, 5.74) is 2.84. The van der Waals surface area contributed by atoms with Crippen LogP contribution < -0.4 is 10.2 Å². The van der Waals surface area contributed by atoms with Gasteiger partial charge in [-0.15, -0.1) is 0 Å². The molecule has 1 amide bonds. The molecule has 0 bridgehead atoms. The van der Waals surface area contributed by atoms with Crippen molar-refractivity contribution in [2.24, 2.45) is 5.92 Å². The van der Waals surface area contributed by atoms with Crippen molar-refractivity contribution in [1.29, 1.82) is 0 Å². The number of aromatic nitrogens is 2. The molecule has 0 radical (unpaired) electrons. The van der Waals surface area contributed by atoms with Gasteiger partial charge in [-0.2, -0.15) is 4.98 Å². The van der Waals surface area contributed by atoms with Crippen molar-refractivity contribution in [3.05, 3.63) is 47.2 Å². The van der Waals surface area contributed by atoms with Gasteiger partial charge in [-0.25, -0.2) is 9.78 Å². The number of hydrogen-bond acceptors (Lipinski definition) is 6. The van der Waals surface area contributed by atoms with Crippen molar-refractivity contribution in [1.82, 2.24) is 9.97 Å². The van der Waals surface area contributed by atoms with E-state index in [0.29, 0.717) is 30.8 Å². The maximum absolute atomic E-state index is 11.8. The van der Waals surface area contributed by atoms with Crippen LogP contribution >= 0.6 is 0 Å². The molecule has 0 spiro atoms. The number of nitrogens with one attached hydrogen (secondary N) is 1. The maximum Gasteiger partial charge on any atom is 0.415 e. The number of hydrogen-bond donors (Lipinski definition) is 2. The number of nitrogens with zero attached hydrogens (tertiary/aromatic N) is 3. The summed E-state index contributed by atoms with van der Waals surface area (Å²) in [6.45, 7) is 3.14. The van der Waals surface area contributed by atoms with Crippen LogP contribution in [0.25, 0.3) is 0 Å². The van der Waals surface area contributed by atoms with Crippen LogP contribution in [-0.4, -0.2) is 27.7 Å². The Labute approximate surface area is 158 Å². The topological polar surface area (TPSA) is 87.6 Å². The molecular formula is C20H24N4O3. The summed E-state index contributed by atoms with van der Waals surface area (Å²) >= 11 is 0. The number of benzene rings is 1. The third-order valence-electron chi connectivity index (χ3n) is 5.05. The SMILES string of the molecule is CCN1C(=O)OCc2cnc(NCc3ccc(C(O)CC4CC4)cc3)nc21. The number of aliphatic hydroxyl groups excluding tert-OH is 1. The fourth-order valence-corrected chi connectivity index (χ4v) is 3.25. The molecular weight excluding hydrogens is 344 g/mol. The molecule has 1 aromatic carbocycles.